The minimum atomic E-state index is -5.66. The van der Waals surface area contributed by atoms with Gasteiger partial charge in [0.2, 0.25) is 0 Å². The van der Waals surface area contributed by atoms with E-state index in [4.69, 9.17) is 0 Å². The highest BCUT2D eigenvalue weighted by molar-refractivity contribution is 6.06. The number of nitrogens with zero attached hydrogens (tertiary/aromatic N) is 2. The molecular weight excluding hydrogens is 371 g/mol. The van der Waals surface area contributed by atoms with Gasteiger partial charge in [-0.2, -0.15) is 18.3 Å². The molecule has 0 atom stereocenters. The van der Waals surface area contributed by atoms with Gasteiger partial charge in [0, 0.05) is 12.2 Å². The third-order valence-corrected chi connectivity index (χ3v) is 3.69. The third kappa shape index (κ3) is 3.13. The molecule has 1 amide bonds. The second-order valence-corrected chi connectivity index (χ2v) is 5.32. The van der Waals surface area contributed by atoms with Crippen LogP contribution in [-0.2, 0) is 12.7 Å². The van der Waals surface area contributed by atoms with Gasteiger partial charge in [-0.05, 0) is 20.8 Å². The predicted molar refractivity (Wildman–Crippen MR) is 76.6 cm³/mol. The number of carbonyl (C=O) groups is 1. The Bertz CT molecular complexity index is 858. The molecule has 0 radical (unpaired) electrons. The highest BCUT2D eigenvalue weighted by Gasteiger charge is 2.42. The molecule has 142 valence electrons. The van der Waals surface area contributed by atoms with Gasteiger partial charge in [-0.3, -0.25) is 9.48 Å². The average Bonchev–Trinajstić information content (AvgIpc) is 2.82. The second-order valence-electron chi connectivity index (χ2n) is 5.32. The molecule has 0 aliphatic heterocycles. The van der Waals surface area contributed by atoms with Crippen LogP contribution < -0.4 is 5.32 Å². The molecular formula is C15H12F7N3O. The van der Waals surface area contributed by atoms with Crippen LogP contribution in [0.3, 0.4) is 0 Å². The predicted octanol–water partition coefficient (Wildman–Crippen LogP) is 4.35. The van der Waals surface area contributed by atoms with Crippen LogP contribution in [-0.4, -0.2) is 15.7 Å². The van der Waals surface area contributed by atoms with Crippen molar-refractivity contribution >= 4 is 11.6 Å². The maximum absolute atomic E-state index is 13.9. The Kier molecular flexibility index (Phi) is 5.02. The SMILES string of the molecule is CCn1nc(C)c(C(=O)Nc2c(F)c(F)c(C(F)(F)F)c(F)c2F)c1C. The van der Waals surface area contributed by atoms with Crippen molar-refractivity contribution in [2.45, 2.75) is 33.5 Å². The molecule has 0 unspecified atom stereocenters. The lowest BCUT2D eigenvalue weighted by molar-refractivity contribution is -0.143. The fraction of sp³-hybridized carbons (Fsp3) is 0.333. The summed E-state index contributed by atoms with van der Waals surface area (Å²) in [6.45, 7) is 4.96. The van der Waals surface area contributed by atoms with Gasteiger partial charge in [-0.15, -0.1) is 0 Å². The van der Waals surface area contributed by atoms with E-state index >= 15 is 0 Å². The van der Waals surface area contributed by atoms with Crippen LogP contribution in [0.4, 0.5) is 36.4 Å². The van der Waals surface area contributed by atoms with E-state index < -0.39 is 46.6 Å². The zero-order chi connectivity index (χ0) is 20.0. The van der Waals surface area contributed by atoms with Gasteiger partial charge in [-0.25, -0.2) is 17.6 Å². The van der Waals surface area contributed by atoms with E-state index in [1.807, 2.05) is 0 Å². The first-order valence-corrected chi connectivity index (χ1v) is 7.20. The largest absolute Gasteiger partial charge is 0.422 e. The normalized spacial score (nSPS) is 11.8. The first-order chi connectivity index (χ1) is 11.9. The van der Waals surface area contributed by atoms with Gasteiger partial charge in [0.15, 0.2) is 23.3 Å². The highest BCUT2D eigenvalue weighted by atomic mass is 19.4. The van der Waals surface area contributed by atoms with Crippen LogP contribution in [0.5, 0.6) is 0 Å². The maximum atomic E-state index is 13.9. The van der Waals surface area contributed by atoms with Gasteiger partial charge in [0.1, 0.15) is 11.3 Å². The Morgan fingerprint density at radius 2 is 1.54 bits per heavy atom. The van der Waals surface area contributed by atoms with E-state index in [2.05, 4.69) is 5.10 Å². The summed E-state index contributed by atoms with van der Waals surface area (Å²) in [4.78, 5) is 12.2. The number of aryl methyl sites for hydroxylation is 2. The molecule has 11 heteroatoms. The summed E-state index contributed by atoms with van der Waals surface area (Å²) in [5.74, 6) is -11.2. The number of nitrogens with one attached hydrogen (secondary N) is 1. The number of alkyl halides is 3. The molecule has 0 spiro atoms. The fourth-order valence-electron chi connectivity index (χ4n) is 2.50. The molecule has 0 saturated carbocycles. The standard InChI is InChI=1S/C15H12F7N3O/c1-4-25-6(3)7(5(2)24-25)14(26)23-13-11(18)9(16)8(15(20,21)22)10(17)12(13)19/h4H2,1-3H3,(H,23,26). The lowest BCUT2D eigenvalue weighted by atomic mass is 10.1. The number of anilines is 1. The molecule has 0 fully saturated rings. The van der Waals surface area contributed by atoms with E-state index in [0.29, 0.717) is 12.2 Å². The second kappa shape index (κ2) is 6.61. The summed E-state index contributed by atoms with van der Waals surface area (Å²) in [5, 5.41) is 5.57. The number of hydrogen-bond acceptors (Lipinski definition) is 2. The number of halogens is 7. The Balaban J connectivity index is 2.55. The summed E-state index contributed by atoms with van der Waals surface area (Å²) in [7, 11) is 0. The van der Waals surface area contributed by atoms with Crippen molar-refractivity contribution in [3.05, 3.63) is 45.8 Å². The van der Waals surface area contributed by atoms with Crippen LogP contribution >= 0.6 is 0 Å². The topological polar surface area (TPSA) is 46.9 Å². The molecule has 0 saturated heterocycles. The number of carbonyl (C=O) groups excluding carboxylic acids is 1. The molecule has 1 N–H and O–H groups in total. The fourth-order valence-corrected chi connectivity index (χ4v) is 2.50. The molecule has 0 aliphatic rings. The van der Waals surface area contributed by atoms with Crippen LogP contribution in [0.2, 0.25) is 0 Å². The monoisotopic (exact) mass is 383 g/mol. The summed E-state index contributed by atoms with van der Waals surface area (Å²) in [6, 6.07) is 0. The highest BCUT2D eigenvalue weighted by Crippen LogP contribution is 2.38. The van der Waals surface area contributed by atoms with Gasteiger partial charge in [-0.1, -0.05) is 0 Å². The van der Waals surface area contributed by atoms with Crippen LogP contribution in [0.1, 0.15) is 34.2 Å². The van der Waals surface area contributed by atoms with Crippen molar-refractivity contribution < 1.29 is 35.5 Å². The molecule has 1 aromatic heterocycles. The van der Waals surface area contributed by atoms with Crippen LogP contribution in [0.25, 0.3) is 0 Å². The quantitative estimate of drug-likeness (QED) is 0.633. The number of hydrogen-bond donors (Lipinski definition) is 1. The molecule has 0 aliphatic carbocycles. The number of rotatable bonds is 3. The number of benzene rings is 1. The zero-order valence-corrected chi connectivity index (χ0v) is 13.7. The smallest absolute Gasteiger partial charge is 0.317 e. The molecule has 4 nitrogen and oxygen atoms in total. The van der Waals surface area contributed by atoms with Gasteiger partial charge >= 0.3 is 6.18 Å². The van der Waals surface area contributed by atoms with Gasteiger partial charge in [0.05, 0.1) is 11.3 Å². The Labute approximate surface area is 142 Å². The lowest BCUT2D eigenvalue weighted by Crippen LogP contribution is -2.21. The van der Waals surface area contributed by atoms with E-state index in [1.54, 1.807) is 12.2 Å². The van der Waals surface area contributed by atoms with Crippen molar-refractivity contribution in [2.24, 2.45) is 0 Å². The van der Waals surface area contributed by atoms with Gasteiger partial charge in [0.25, 0.3) is 5.91 Å². The molecule has 2 aromatic rings. The maximum Gasteiger partial charge on any atom is 0.422 e. The summed E-state index contributed by atoms with van der Waals surface area (Å²) >= 11 is 0. The van der Waals surface area contributed by atoms with Gasteiger partial charge < -0.3 is 5.32 Å². The Morgan fingerprint density at radius 1 is 1.04 bits per heavy atom. The Hall–Kier alpha value is -2.59. The van der Waals surface area contributed by atoms with Crippen LogP contribution in [0.15, 0.2) is 0 Å². The average molecular weight is 383 g/mol. The molecule has 1 aromatic carbocycles. The first kappa shape index (κ1) is 19.7. The van der Waals surface area contributed by atoms with Crippen molar-refractivity contribution in [1.82, 2.24) is 9.78 Å². The third-order valence-electron chi connectivity index (χ3n) is 3.69. The molecule has 0 bridgehead atoms. The molecule has 2 rings (SSSR count). The van der Waals surface area contributed by atoms with Crippen LogP contribution in [0, 0.1) is 37.1 Å². The minimum Gasteiger partial charge on any atom is -0.317 e. The summed E-state index contributed by atoms with van der Waals surface area (Å²) in [5.41, 5.74) is -4.02. The van der Waals surface area contributed by atoms with E-state index in [9.17, 15) is 35.5 Å². The van der Waals surface area contributed by atoms with E-state index in [-0.39, 0.29) is 11.3 Å². The summed E-state index contributed by atoms with van der Waals surface area (Å²) in [6.07, 6.45) is -5.66. The number of aromatic nitrogens is 2. The molecule has 26 heavy (non-hydrogen) atoms. The first-order valence-electron chi connectivity index (χ1n) is 7.20. The Morgan fingerprint density at radius 3 is 1.92 bits per heavy atom. The number of amides is 1. The molecule has 1 heterocycles. The van der Waals surface area contributed by atoms with Crippen molar-refractivity contribution in [3.63, 3.8) is 0 Å². The van der Waals surface area contributed by atoms with Crippen molar-refractivity contribution in [2.75, 3.05) is 5.32 Å². The lowest BCUT2D eigenvalue weighted by Gasteiger charge is -2.14. The zero-order valence-electron chi connectivity index (χ0n) is 13.7. The van der Waals surface area contributed by atoms with Crippen molar-refractivity contribution in [3.8, 4) is 0 Å². The van der Waals surface area contributed by atoms with E-state index in [0.717, 1.165) is 0 Å². The van der Waals surface area contributed by atoms with E-state index in [1.165, 1.54) is 18.5 Å². The summed E-state index contributed by atoms with van der Waals surface area (Å²) < 4.78 is 94.0. The van der Waals surface area contributed by atoms with Crippen molar-refractivity contribution in [1.29, 1.82) is 0 Å². The minimum absolute atomic E-state index is 0.119.